The molecule has 0 bridgehead atoms. The van der Waals surface area contributed by atoms with E-state index in [-0.39, 0.29) is 23.3 Å². The summed E-state index contributed by atoms with van der Waals surface area (Å²) in [6.07, 6.45) is 4.05. The van der Waals surface area contributed by atoms with Crippen LogP contribution in [0.5, 0.6) is 5.75 Å². The Bertz CT molecular complexity index is 724. The number of hydrogen-bond donors (Lipinski definition) is 1. The predicted molar refractivity (Wildman–Crippen MR) is 103 cm³/mol. The maximum absolute atomic E-state index is 11.7. The Kier molecular flexibility index (Phi) is 6.24. The molecule has 1 aromatic heterocycles. The van der Waals surface area contributed by atoms with E-state index in [0.717, 1.165) is 6.42 Å². The monoisotopic (exact) mass is 356 g/mol. The van der Waals surface area contributed by atoms with Crippen LogP contribution in [0.1, 0.15) is 52.4 Å². The molecule has 0 aliphatic heterocycles. The zero-order chi connectivity index (χ0) is 19.2. The molecule has 0 radical (unpaired) electrons. The van der Waals surface area contributed by atoms with Crippen LogP contribution in [0.3, 0.4) is 0 Å². The van der Waals surface area contributed by atoms with E-state index in [2.05, 4.69) is 57.3 Å². The molecule has 0 spiro atoms. The van der Waals surface area contributed by atoms with Gasteiger partial charge < -0.3 is 9.15 Å². The molecule has 0 fully saturated rings. The number of rotatable bonds is 7. The summed E-state index contributed by atoms with van der Waals surface area (Å²) in [5.74, 6) is 0.898. The second-order valence-corrected chi connectivity index (χ2v) is 8.24. The first-order valence-electron chi connectivity index (χ1n) is 8.74. The molecule has 1 aromatic carbocycles. The van der Waals surface area contributed by atoms with Crippen molar-refractivity contribution >= 4 is 12.1 Å². The SMILES string of the molecule is CC(C)(C)CC(C)(C)c1ccc(OCC(=O)N/N=C/c2ccco2)cc1. The average Bonchev–Trinajstić information content (AvgIpc) is 3.04. The summed E-state index contributed by atoms with van der Waals surface area (Å²) in [5.41, 5.74) is 3.99. The van der Waals surface area contributed by atoms with Crippen LogP contribution in [0.25, 0.3) is 0 Å². The van der Waals surface area contributed by atoms with Crippen molar-refractivity contribution in [3.05, 3.63) is 54.0 Å². The van der Waals surface area contributed by atoms with E-state index in [0.29, 0.717) is 11.5 Å². The molecule has 26 heavy (non-hydrogen) atoms. The van der Waals surface area contributed by atoms with Crippen LogP contribution in [0, 0.1) is 5.41 Å². The highest BCUT2D eigenvalue weighted by molar-refractivity contribution is 5.81. The van der Waals surface area contributed by atoms with Gasteiger partial charge in [-0.05, 0) is 47.1 Å². The van der Waals surface area contributed by atoms with Gasteiger partial charge >= 0.3 is 0 Å². The van der Waals surface area contributed by atoms with Crippen molar-refractivity contribution in [3.8, 4) is 5.75 Å². The van der Waals surface area contributed by atoms with Gasteiger partial charge in [-0.25, -0.2) is 5.43 Å². The van der Waals surface area contributed by atoms with Crippen LogP contribution in [-0.2, 0) is 10.2 Å². The van der Waals surface area contributed by atoms with E-state index in [1.165, 1.54) is 11.8 Å². The summed E-state index contributed by atoms with van der Waals surface area (Å²) >= 11 is 0. The molecule has 5 nitrogen and oxygen atoms in total. The highest BCUT2D eigenvalue weighted by atomic mass is 16.5. The summed E-state index contributed by atoms with van der Waals surface area (Å²) in [6.45, 7) is 11.1. The molecule has 2 rings (SSSR count). The molecular weight excluding hydrogens is 328 g/mol. The third kappa shape index (κ3) is 6.39. The molecule has 0 unspecified atom stereocenters. The lowest BCUT2D eigenvalue weighted by Crippen LogP contribution is -2.25. The number of ether oxygens (including phenoxy) is 1. The molecule has 0 saturated carbocycles. The minimum absolute atomic E-state index is 0.0781. The Balaban J connectivity index is 1.84. The van der Waals surface area contributed by atoms with E-state index < -0.39 is 0 Å². The molecular formula is C21H28N2O3. The van der Waals surface area contributed by atoms with Crippen LogP contribution in [0.15, 0.2) is 52.2 Å². The normalized spacial score (nSPS) is 12.3. The van der Waals surface area contributed by atoms with Gasteiger partial charge in [-0.15, -0.1) is 0 Å². The van der Waals surface area contributed by atoms with Crippen LogP contribution in [0.2, 0.25) is 0 Å². The Morgan fingerprint density at radius 1 is 1.15 bits per heavy atom. The summed E-state index contributed by atoms with van der Waals surface area (Å²) in [7, 11) is 0. The molecule has 1 heterocycles. The van der Waals surface area contributed by atoms with Crippen LogP contribution in [0.4, 0.5) is 0 Å². The van der Waals surface area contributed by atoms with Gasteiger partial charge in [0, 0.05) is 0 Å². The highest BCUT2D eigenvalue weighted by Crippen LogP contribution is 2.36. The van der Waals surface area contributed by atoms with Crippen LogP contribution >= 0.6 is 0 Å². The Hall–Kier alpha value is -2.56. The van der Waals surface area contributed by atoms with E-state index >= 15 is 0 Å². The van der Waals surface area contributed by atoms with Crippen LogP contribution in [-0.4, -0.2) is 18.7 Å². The van der Waals surface area contributed by atoms with E-state index in [1.807, 2.05) is 12.1 Å². The second-order valence-electron chi connectivity index (χ2n) is 8.24. The van der Waals surface area contributed by atoms with Gasteiger partial charge in [0.25, 0.3) is 5.91 Å². The van der Waals surface area contributed by atoms with Crippen molar-refractivity contribution in [3.63, 3.8) is 0 Å². The van der Waals surface area contributed by atoms with E-state index in [4.69, 9.17) is 9.15 Å². The Labute approximate surface area is 155 Å². The van der Waals surface area contributed by atoms with Gasteiger partial charge in [-0.3, -0.25) is 4.79 Å². The molecule has 0 atom stereocenters. The number of furan rings is 1. The summed E-state index contributed by atoms with van der Waals surface area (Å²) < 4.78 is 10.6. The summed E-state index contributed by atoms with van der Waals surface area (Å²) in [4.78, 5) is 11.7. The fourth-order valence-electron chi connectivity index (χ4n) is 3.14. The number of nitrogens with zero attached hydrogens (tertiary/aromatic N) is 1. The number of nitrogens with one attached hydrogen (secondary N) is 1. The van der Waals surface area contributed by atoms with Gasteiger partial charge in [0.15, 0.2) is 6.61 Å². The number of hydrazone groups is 1. The molecule has 1 N–H and O–H groups in total. The van der Waals surface area contributed by atoms with Crippen molar-refractivity contribution in [2.45, 2.75) is 46.5 Å². The number of hydrogen-bond acceptors (Lipinski definition) is 4. The van der Waals surface area contributed by atoms with Crippen molar-refractivity contribution in [2.24, 2.45) is 10.5 Å². The molecule has 1 amide bonds. The summed E-state index contributed by atoms with van der Waals surface area (Å²) in [5, 5.41) is 3.81. The van der Waals surface area contributed by atoms with Crippen molar-refractivity contribution in [2.75, 3.05) is 6.61 Å². The van der Waals surface area contributed by atoms with Gasteiger partial charge in [0.1, 0.15) is 11.5 Å². The maximum atomic E-state index is 11.7. The number of carbonyl (C=O) groups excluding carboxylic acids is 1. The fraction of sp³-hybridized carbons (Fsp3) is 0.429. The first kappa shape index (κ1) is 19.8. The first-order chi connectivity index (χ1) is 12.2. The zero-order valence-electron chi connectivity index (χ0n) is 16.2. The first-order valence-corrected chi connectivity index (χ1v) is 8.74. The number of carbonyl (C=O) groups is 1. The standard InChI is InChI=1S/C21H28N2O3/c1-20(2,3)15-21(4,5)16-8-10-17(11-9-16)26-14-19(24)23-22-13-18-7-6-12-25-18/h6-13H,14-15H2,1-5H3,(H,23,24)/b22-13+. The van der Waals surface area contributed by atoms with Crippen molar-refractivity contribution in [1.29, 1.82) is 0 Å². The minimum atomic E-state index is -0.329. The average molecular weight is 356 g/mol. The minimum Gasteiger partial charge on any atom is -0.484 e. The molecule has 0 aliphatic rings. The van der Waals surface area contributed by atoms with Crippen molar-refractivity contribution in [1.82, 2.24) is 5.43 Å². The topological polar surface area (TPSA) is 63.8 Å². The lowest BCUT2D eigenvalue weighted by Gasteiger charge is -2.33. The number of amides is 1. The molecule has 0 saturated heterocycles. The molecule has 5 heteroatoms. The predicted octanol–water partition coefficient (Wildman–Crippen LogP) is 4.52. The van der Waals surface area contributed by atoms with Crippen LogP contribution < -0.4 is 10.2 Å². The van der Waals surface area contributed by atoms with Gasteiger partial charge in [0.2, 0.25) is 0 Å². The molecule has 2 aromatic rings. The van der Waals surface area contributed by atoms with E-state index in [9.17, 15) is 4.79 Å². The zero-order valence-corrected chi connectivity index (χ0v) is 16.2. The van der Waals surface area contributed by atoms with Gasteiger partial charge in [-0.2, -0.15) is 5.10 Å². The van der Waals surface area contributed by atoms with E-state index in [1.54, 1.807) is 18.4 Å². The summed E-state index contributed by atoms with van der Waals surface area (Å²) in [6, 6.07) is 11.4. The smallest absolute Gasteiger partial charge is 0.277 e. The maximum Gasteiger partial charge on any atom is 0.277 e. The third-order valence-electron chi connectivity index (χ3n) is 3.90. The molecule has 0 aliphatic carbocycles. The number of benzene rings is 1. The highest BCUT2D eigenvalue weighted by Gasteiger charge is 2.27. The lowest BCUT2D eigenvalue weighted by atomic mass is 9.72. The van der Waals surface area contributed by atoms with Crippen molar-refractivity contribution < 1.29 is 13.9 Å². The van der Waals surface area contributed by atoms with Gasteiger partial charge in [0.05, 0.1) is 12.5 Å². The Morgan fingerprint density at radius 3 is 2.42 bits per heavy atom. The molecule has 140 valence electrons. The second kappa shape index (κ2) is 8.21. The quantitative estimate of drug-likeness (QED) is 0.586. The lowest BCUT2D eigenvalue weighted by molar-refractivity contribution is -0.123. The largest absolute Gasteiger partial charge is 0.484 e. The Morgan fingerprint density at radius 2 is 1.85 bits per heavy atom. The third-order valence-corrected chi connectivity index (χ3v) is 3.90. The van der Waals surface area contributed by atoms with Gasteiger partial charge in [-0.1, -0.05) is 46.8 Å². The fourth-order valence-corrected chi connectivity index (χ4v) is 3.14.